The van der Waals surface area contributed by atoms with Gasteiger partial charge in [-0.25, -0.2) is 23.1 Å². The van der Waals surface area contributed by atoms with E-state index < -0.39 is 18.0 Å². The van der Waals surface area contributed by atoms with Gasteiger partial charge >= 0.3 is 5.69 Å². The first-order valence-corrected chi connectivity index (χ1v) is 13.7. The molecule has 4 heterocycles. The number of hydrogen-bond donors (Lipinski definition) is 3. The third-order valence-corrected chi connectivity index (χ3v) is 7.95. The molecule has 0 saturated heterocycles. The van der Waals surface area contributed by atoms with Crippen LogP contribution in [0.1, 0.15) is 53.9 Å². The number of pyridine rings is 2. The Balaban J connectivity index is 1.19. The van der Waals surface area contributed by atoms with Crippen LogP contribution in [0.3, 0.4) is 0 Å². The Morgan fingerprint density at radius 1 is 1.15 bits per heavy atom. The lowest BCUT2D eigenvalue weighted by Gasteiger charge is -2.29. The van der Waals surface area contributed by atoms with Crippen molar-refractivity contribution in [2.24, 2.45) is 5.92 Å². The molecule has 41 heavy (non-hydrogen) atoms. The lowest BCUT2D eigenvalue weighted by molar-refractivity contribution is 0.0904. The maximum atomic E-state index is 13.7. The molecule has 0 bridgehead atoms. The quantitative estimate of drug-likeness (QED) is 0.246. The topological polar surface area (TPSA) is 118 Å². The molecule has 1 aromatic carbocycles. The molecule has 0 aliphatic heterocycles. The van der Waals surface area contributed by atoms with Crippen molar-refractivity contribution in [2.75, 3.05) is 0 Å². The predicted molar refractivity (Wildman–Crippen MR) is 151 cm³/mol. The molecule has 212 valence electrons. The number of carbonyl (C=O) groups is 1. The van der Waals surface area contributed by atoms with Gasteiger partial charge in [0.05, 0.1) is 28.4 Å². The molecule has 0 unspecified atom stereocenters. The highest BCUT2D eigenvalue weighted by atomic mass is 35.5. The van der Waals surface area contributed by atoms with Crippen molar-refractivity contribution in [3.8, 4) is 5.69 Å². The number of aromatic amines is 1. The summed E-state index contributed by atoms with van der Waals surface area (Å²) < 4.78 is 30.1. The molecule has 4 aromatic heterocycles. The number of aromatic nitrogens is 5. The van der Waals surface area contributed by atoms with E-state index in [-0.39, 0.29) is 34.8 Å². The van der Waals surface area contributed by atoms with E-state index in [0.717, 1.165) is 35.5 Å². The Bertz CT molecular complexity index is 1810. The van der Waals surface area contributed by atoms with Crippen molar-refractivity contribution < 1.29 is 18.7 Å². The van der Waals surface area contributed by atoms with E-state index in [1.807, 2.05) is 30.3 Å². The second-order valence-corrected chi connectivity index (χ2v) is 10.8. The molecule has 1 saturated carbocycles. The van der Waals surface area contributed by atoms with Gasteiger partial charge in [0, 0.05) is 41.6 Å². The number of amides is 1. The molecule has 9 nitrogen and oxygen atoms in total. The van der Waals surface area contributed by atoms with Crippen LogP contribution < -0.4 is 11.0 Å². The van der Waals surface area contributed by atoms with Crippen molar-refractivity contribution in [1.29, 1.82) is 0 Å². The summed E-state index contributed by atoms with van der Waals surface area (Å²) in [5.41, 5.74) is 2.52. The molecular weight excluding hydrogens is 554 g/mol. The van der Waals surface area contributed by atoms with Gasteiger partial charge in [-0.15, -0.1) is 0 Å². The number of carbonyl (C=O) groups excluding carboxylic acids is 1. The minimum absolute atomic E-state index is 0.106. The zero-order chi connectivity index (χ0) is 28.7. The van der Waals surface area contributed by atoms with Gasteiger partial charge in [-0.1, -0.05) is 11.6 Å². The fraction of sp³-hybridized carbons (Fsp3) is 0.310. The van der Waals surface area contributed by atoms with Crippen molar-refractivity contribution in [1.82, 2.24) is 29.4 Å². The summed E-state index contributed by atoms with van der Waals surface area (Å²) in [5.74, 6) is -0.432. The zero-order valence-corrected chi connectivity index (χ0v) is 22.6. The third-order valence-electron chi connectivity index (χ3n) is 7.74. The highest BCUT2D eigenvalue weighted by Crippen LogP contribution is 2.29. The smallest absolute Gasteiger partial charge is 0.334 e. The molecule has 1 amide bonds. The monoisotopic (exact) mass is 580 g/mol. The normalized spacial score (nSPS) is 17.5. The molecule has 1 aliphatic carbocycles. The lowest BCUT2D eigenvalue weighted by atomic mass is 9.85. The number of nitrogens with zero attached hydrogens (tertiary/aromatic N) is 4. The van der Waals surface area contributed by atoms with Gasteiger partial charge in [0.1, 0.15) is 5.69 Å². The van der Waals surface area contributed by atoms with Crippen LogP contribution in [0, 0.1) is 5.92 Å². The van der Waals surface area contributed by atoms with Crippen LogP contribution in [0.15, 0.2) is 59.7 Å². The number of imidazole rings is 1. The Hall–Kier alpha value is -4.09. The number of halogens is 3. The Morgan fingerprint density at radius 3 is 2.71 bits per heavy atom. The summed E-state index contributed by atoms with van der Waals surface area (Å²) >= 11 is 5.90. The number of nitrogens with one attached hydrogen (secondary N) is 2. The van der Waals surface area contributed by atoms with Gasteiger partial charge in [-0.2, -0.15) is 0 Å². The molecule has 0 atom stereocenters. The van der Waals surface area contributed by atoms with Crippen LogP contribution in [0.2, 0.25) is 5.02 Å². The highest BCUT2D eigenvalue weighted by molar-refractivity contribution is 6.30. The van der Waals surface area contributed by atoms with Crippen molar-refractivity contribution in [3.63, 3.8) is 0 Å². The summed E-state index contributed by atoms with van der Waals surface area (Å²) in [5, 5.41) is 13.3. The number of aliphatic hydroxyl groups excluding tert-OH is 1. The first kappa shape index (κ1) is 27.1. The van der Waals surface area contributed by atoms with Crippen LogP contribution in [-0.4, -0.2) is 41.1 Å². The number of rotatable bonds is 7. The largest absolute Gasteiger partial charge is 0.390 e. The molecule has 6 rings (SSSR count). The van der Waals surface area contributed by atoms with Gasteiger partial charge in [-0.3, -0.25) is 14.3 Å². The fourth-order valence-corrected chi connectivity index (χ4v) is 5.87. The van der Waals surface area contributed by atoms with E-state index in [9.17, 15) is 23.5 Å². The van der Waals surface area contributed by atoms with Crippen LogP contribution in [0.4, 0.5) is 8.78 Å². The average Bonchev–Trinajstić information content (AvgIpc) is 3.51. The summed E-state index contributed by atoms with van der Waals surface area (Å²) in [7, 11) is 0. The summed E-state index contributed by atoms with van der Waals surface area (Å²) in [6.07, 6.45) is 2.67. The molecule has 1 aliphatic rings. The maximum Gasteiger partial charge on any atom is 0.334 e. The molecule has 3 N–H and O–H groups in total. The van der Waals surface area contributed by atoms with Gasteiger partial charge in [0.2, 0.25) is 0 Å². The molecular formula is C29H27ClF2N6O3. The minimum atomic E-state index is -2.89. The second-order valence-electron chi connectivity index (χ2n) is 10.4. The number of benzene rings is 1. The van der Waals surface area contributed by atoms with E-state index in [2.05, 4.69) is 20.3 Å². The number of H-pyrrole nitrogens is 1. The number of aliphatic hydroxyl groups is 1. The third kappa shape index (κ3) is 5.22. The SMILES string of the molecule is O=C(N[C@H]1CC[C@H](Cn2c(=O)n(-c3ccc4[nH]c(CO)cc4c3)c3ncccc32)CC1)c1cc(Cl)cnc1C(F)F. The van der Waals surface area contributed by atoms with Crippen molar-refractivity contribution >= 4 is 39.6 Å². The van der Waals surface area contributed by atoms with Gasteiger partial charge < -0.3 is 15.4 Å². The van der Waals surface area contributed by atoms with E-state index >= 15 is 0 Å². The fourth-order valence-electron chi connectivity index (χ4n) is 5.72. The maximum absolute atomic E-state index is 13.7. The van der Waals surface area contributed by atoms with Gasteiger partial charge in [0.15, 0.2) is 5.65 Å². The Morgan fingerprint density at radius 2 is 1.95 bits per heavy atom. The molecule has 0 radical (unpaired) electrons. The van der Waals surface area contributed by atoms with Crippen molar-refractivity contribution in [3.05, 3.63) is 87.3 Å². The highest BCUT2D eigenvalue weighted by Gasteiger charge is 2.27. The molecule has 1 fully saturated rings. The van der Waals surface area contributed by atoms with E-state index in [1.165, 1.54) is 6.07 Å². The second kappa shape index (κ2) is 11.1. The number of hydrogen-bond acceptors (Lipinski definition) is 5. The standard InChI is InChI=1S/C29H27ClF2N6O3/c30-18-12-22(25(26(31)32)34-13-18)28(40)36-19-5-3-16(4-6-19)14-37-24-2-1-9-33-27(24)38(29(37)41)21-7-8-23-17(11-21)10-20(15-39)35-23/h1-2,7-13,16,19,26,35,39H,3-6,14-15H2,(H,36,40)/t16-,19-. The first-order chi connectivity index (χ1) is 19.8. The zero-order valence-electron chi connectivity index (χ0n) is 21.9. The summed E-state index contributed by atoms with van der Waals surface area (Å²) in [4.78, 5) is 37.8. The van der Waals surface area contributed by atoms with Crippen LogP contribution in [-0.2, 0) is 13.2 Å². The van der Waals surface area contributed by atoms with Crippen LogP contribution >= 0.6 is 11.6 Å². The van der Waals surface area contributed by atoms with E-state index in [1.54, 1.807) is 21.4 Å². The van der Waals surface area contributed by atoms with Crippen LogP contribution in [0.25, 0.3) is 27.8 Å². The molecule has 0 spiro atoms. The predicted octanol–water partition coefficient (Wildman–Crippen LogP) is 5.14. The van der Waals surface area contributed by atoms with Gasteiger partial charge in [0.25, 0.3) is 12.3 Å². The average molecular weight is 581 g/mol. The van der Waals surface area contributed by atoms with Crippen molar-refractivity contribution in [2.45, 2.75) is 51.3 Å². The number of fused-ring (bicyclic) bond motifs is 2. The van der Waals surface area contributed by atoms with E-state index in [0.29, 0.717) is 36.4 Å². The summed E-state index contributed by atoms with van der Waals surface area (Å²) in [6.45, 7) is 0.384. The van der Waals surface area contributed by atoms with Crippen LogP contribution in [0.5, 0.6) is 0 Å². The summed E-state index contributed by atoms with van der Waals surface area (Å²) in [6, 6.07) is 12.2. The lowest BCUT2D eigenvalue weighted by Crippen LogP contribution is -2.39. The molecule has 5 aromatic rings. The van der Waals surface area contributed by atoms with Gasteiger partial charge in [-0.05, 0) is 74.1 Å². The number of alkyl halides is 2. The molecule has 12 heteroatoms. The Kier molecular flexibility index (Phi) is 7.31. The Labute approximate surface area is 237 Å². The first-order valence-electron chi connectivity index (χ1n) is 13.4. The van der Waals surface area contributed by atoms with E-state index in [4.69, 9.17) is 11.6 Å². The minimum Gasteiger partial charge on any atom is -0.390 e.